The zero-order valence-electron chi connectivity index (χ0n) is 17.2. The summed E-state index contributed by atoms with van der Waals surface area (Å²) >= 11 is 0. The van der Waals surface area contributed by atoms with Gasteiger partial charge < -0.3 is 15.4 Å². The normalized spacial score (nSPS) is 26.3. The van der Waals surface area contributed by atoms with Crippen molar-refractivity contribution in [3.63, 3.8) is 0 Å². The standard InChI is InChI=1S/C21H29N3O4/c1-13-6-7-16(28-5)15(8-13)22-17(25)11-24-18(26)21(23-19(24)27)10-14(2)9-20(3,4)12-21/h6-8,14H,9-12H2,1-5H3,(H,22,25)(H,23,27)/t14-,21+/m0/s1. The first-order valence-corrected chi connectivity index (χ1v) is 9.64. The van der Waals surface area contributed by atoms with Crippen LogP contribution in [0.25, 0.3) is 0 Å². The molecule has 4 amide bonds. The number of urea groups is 1. The number of nitrogens with one attached hydrogen (secondary N) is 2. The minimum Gasteiger partial charge on any atom is -0.495 e. The maximum Gasteiger partial charge on any atom is 0.325 e. The molecule has 2 N–H and O–H groups in total. The van der Waals surface area contributed by atoms with Gasteiger partial charge in [0.25, 0.3) is 5.91 Å². The first kappa shape index (κ1) is 20.2. The Hall–Kier alpha value is -2.57. The van der Waals surface area contributed by atoms with Gasteiger partial charge in [-0.2, -0.15) is 0 Å². The molecule has 0 unspecified atom stereocenters. The molecule has 1 aliphatic carbocycles. The van der Waals surface area contributed by atoms with E-state index in [9.17, 15) is 14.4 Å². The lowest BCUT2D eigenvalue weighted by molar-refractivity contribution is -0.136. The van der Waals surface area contributed by atoms with Crippen molar-refractivity contribution >= 4 is 23.5 Å². The van der Waals surface area contributed by atoms with E-state index in [-0.39, 0.29) is 17.9 Å². The van der Waals surface area contributed by atoms with E-state index in [0.717, 1.165) is 16.9 Å². The highest BCUT2D eigenvalue weighted by Gasteiger charge is 2.56. The number of methoxy groups -OCH3 is 1. The Labute approximate surface area is 165 Å². The Kier molecular flexibility index (Phi) is 5.12. The van der Waals surface area contributed by atoms with E-state index in [4.69, 9.17) is 4.74 Å². The number of hydrogen-bond donors (Lipinski definition) is 2. The van der Waals surface area contributed by atoms with E-state index in [1.165, 1.54) is 7.11 Å². The van der Waals surface area contributed by atoms with Gasteiger partial charge in [0.15, 0.2) is 0 Å². The number of imide groups is 1. The number of carbonyl (C=O) groups is 3. The van der Waals surface area contributed by atoms with Crippen LogP contribution in [0.1, 0.15) is 45.6 Å². The van der Waals surface area contributed by atoms with Crippen LogP contribution >= 0.6 is 0 Å². The number of anilines is 1. The molecule has 0 radical (unpaired) electrons. The maximum atomic E-state index is 13.1. The molecular weight excluding hydrogens is 358 g/mol. The second-order valence-corrected chi connectivity index (χ2v) is 9.01. The van der Waals surface area contributed by atoms with Crippen molar-refractivity contribution in [1.29, 1.82) is 0 Å². The van der Waals surface area contributed by atoms with Gasteiger partial charge in [0.2, 0.25) is 5.91 Å². The van der Waals surface area contributed by atoms with Gasteiger partial charge in [-0.15, -0.1) is 0 Å². The van der Waals surface area contributed by atoms with Crippen LogP contribution in [0, 0.1) is 18.3 Å². The Balaban J connectivity index is 1.74. The summed E-state index contributed by atoms with van der Waals surface area (Å²) in [6, 6.07) is 4.93. The largest absolute Gasteiger partial charge is 0.495 e. The third kappa shape index (κ3) is 3.84. The number of amides is 4. The fourth-order valence-electron chi connectivity index (χ4n) is 4.90. The first-order valence-electron chi connectivity index (χ1n) is 9.64. The molecule has 1 aromatic rings. The molecule has 1 saturated carbocycles. The van der Waals surface area contributed by atoms with Crippen molar-refractivity contribution in [1.82, 2.24) is 10.2 Å². The summed E-state index contributed by atoms with van der Waals surface area (Å²) in [4.78, 5) is 39.3. The Bertz CT molecular complexity index is 820. The fraction of sp³-hybridized carbons (Fsp3) is 0.571. The molecular formula is C21H29N3O4. The predicted octanol–water partition coefficient (Wildman–Crippen LogP) is 3.08. The van der Waals surface area contributed by atoms with Gasteiger partial charge in [-0.1, -0.05) is 26.8 Å². The third-order valence-electron chi connectivity index (χ3n) is 5.55. The number of hydrogen-bond acceptors (Lipinski definition) is 4. The first-order chi connectivity index (χ1) is 13.0. The van der Waals surface area contributed by atoms with Gasteiger partial charge in [-0.3, -0.25) is 14.5 Å². The number of ether oxygens (including phenoxy) is 1. The minimum absolute atomic E-state index is 0.0478. The molecule has 7 nitrogen and oxygen atoms in total. The van der Waals surface area contributed by atoms with Crippen LogP contribution in [0.4, 0.5) is 10.5 Å². The highest BCUT2D eigenvalue weighted by Crippen LogP contribution is 2.46. The van der Waals surface area contributed by atoms with Crippen molar-refractivity contribution in [2.24, 2.45) is 11.3 Å². The lowest BCUT2D eigenvalue weighted by Crippen LogP contribution is -2.54. The topological polar surface area (TPSA) is 87.7 Å². The van der Waals surface area contributed by atoms with Crippen molar-refractivity contribution in [2.75, 3.05) is 19.0 Å². The fourth-order valence-corrected chi connectivity index (χ4v) is 4.90. The van der Waals surface area contributed by atoms with Crippen LogP contribution in [0.5, 0.6) is 5.75 Å². The van der Waals surface area contributed by atoms with Crippen molar-refractivity contribution < 1.29 is 19.1 Å². The number of aryl methyl sites for hydroxylation is 1. The average Bonchev–Trinajstić information content (AvgIpc) is 2.76. The smallest absolute Gasteiger partial charge is 0.325 e. The molecule has 28 heavy (non-hydrogen) atoms. The quantitative estimate of drug-likeness (QED) is 0.777. The number of rotatable bonds is 4. The maximum absolute atomic E-state index is 13.1. The van der Waals surface area contributed by atoms with Crippen LogP contribution in [-0.2, 0) is 9.59 Å². The third-order valence-corrected chi connectivity index (χ3v) is 5.55. The molecule has 1 spiro atoms. The van der Waals surface area contributed by atoms with Crippen LogP contribution < -0.4 is 15.4 Å². The predicted molar refractivity (Wildman–Crippen MR) is 106 cm³/mol. The number of nitrogens with zero attached hydrogens (tertiary/aromatic N) is 1. The van der Waals surface area contributed by atoms with E-state index >= 15 is 0 Å². The summed E-state index contributed by atoms with van der Waals surface area (Å²) in [7, 11) is 1.52. The molecule has 152 valence electrons. The van der Waals surface area contributed by atoms with E-state index in [0.29, 0.717) is 30.2 Å². The van der Waals surface area contributed by atoms with Crippen LogP contribution in [0.2, 0.25) is 0 Å². The monoisotopic (exact) mass is 387 g/mol. The SMILES string of the molecule is COc1ccc(C)cc1NC(=O)CN1C(=O)N[C@@]2(C[C@@H](C)CC(C)(C)C2)C1=O. The Morgan fingerprint density at radius 1 is 1.32 bits per heavy atom. The molecule has 2 atom stereocenters. The van der Waals surface area contributed by atoms with Crippen LogP contribution in [0.15, 0.2) is 18.2 Å². The molecule has 7 heteroatoms. The molecule has 2 aliphatic rings. The number of benzene rings is 1. The zero-order valence-corrected chi connectivity index (χ0v) is 17.2. The van der Waals surface area contributed by atoms with Gasteiger partial charge in [0.1, 0.15) is 17.8 Å². The summed E-state index contributed by atoms with van der Waals surface area (Å²) in [6.45, 7) is 7.91. The van der Waals surface area contributed by atoms with Crippen molar-refractivity contribution in [2.45, 2.75) is 52.5 Å². The number of carbonyl (C=O) groups excluding carboxylic acids is 3. The molecule has 1 aliphatic heterocycles. The lowest BCUT2D eigenvalue weighted by atomic mass is 9.64. The van der Waals surface area contributed by atoms with Crippen LogP contribution in [0.3, 0.4) is 0 Å². The lowest BCUT2D eigenvalue weighted by Gasteiger charge is -2.43. The molecule has 2 fully saturated rings. The van der Waals surface area contributed by atoms with E-state index < -0.39 is 17.5 Å². The van der Waals surface area contributed by atoms with Crippen LogP contribution in [-0.4, -0.2) is 41.9 Å². The molecule has 1 saturated heterocycles. The van der Waals surface area contributed by atoms with Gasteiger partial charge in [-0.25, -0.2) is 4.79 Å². The second kappa shape index (κ2) is 7.11. The summed E-state index contributed by atoms with van der Waals surface area (Å²) in [5, 5.41) is 5.64. The van der Waals surface area contributed by atoms with Gasteiger partial charge in [0.05, 0.1) is 12.8 Å². The van der Waals surface area contributed by atoms with Gasteiger partial charge >= 0.3 is 6.03 Å². The van der Waals surface area contributed by atoms with Crippen molar-refractivity contribution in [3.8, 4) is 5.75 Å². The molecule has 3 rings (SSSR count). The molecule has 1 heterocycles. The minimum atomic E-state index is -0.903. The summed E-state index contributed by atoms with van der Waals surface area (Å²) in [6.07, 6.45) is 2.19. The summed E-state index contributed by atoms with van der Waals surface area (Å²) in [5.74, 6) is 0.102. The highest BCUT2D eigenvalue weighted by atomic mass is 16.5. The molecule has 0 aromatic heterocycles. The summed E-state index contributed by atoms with van der Waals surface area (Å²) < 4.78 is 5.26. The molecule has 1 aromatic carbocycles. The molecule has 0 bridgehead atoms. The second-order valence-electron chi connectivity index (χ2n) is 9.01. The van der Waals surface area contributed by atoms with Gasteiger partial charge in [-0.05, 0) is 55.2 Å². The highest BCUT2D eigenvalue weighted by molar-refractivity contribution is 6.10. The van der Waals surface area contributed by atoms with E-state index in [1.807, 2.05) is 13.0 Å². The van der Waals surface area contributed by atoms with Crippen molar-refractivity contribution in [3.05, 3.63) is 23.8 Å². The van der Waals surface area contributed by atoms with E-state index in [1.54, 1.807) is 12.1 Å². The summed E-state index contributed by atoms with van der Waals surface area (Å²) in [5.41, 5.74) is 0.526. The Morgan fingerprint density at radius 2 is 2.04 bits per heavy atom. The van der Waals surface area contributed by atoms with E-state index in [2.05, 4.69) is 31.4 Å². The Morgan fingerprint density at radius 3 is 2.68 bits per heavy atom. The van der Waals surface area contributed by atoms with Gasteiger partial charge in [0, 0.05) is 0 Å². The average molecular weight is 387 g/mol. The zero-order chi connectivity index (χ0) is 20.7.